The minimum Gasteiger partial charge on any atom is -0.486 e. The van der Waals surface area contributed by atoms with E-state index in [1.807, 2.05) is 16.9 Å². The first-order valence-corrected chi connectivity index (χ1v) is 23.7. The van der Waals surface area contributed by atoms with Crippen LogP contribution in [0.15, 0.2) is 83.4 Å². The summed E-state index contributed by atoms with van der Waals surface area (Å²) in [6.07, 6.45) is 5.18. The van der Waals surface area contributed by atoms with E-state index in [1.54, 1.807) is 12.1 Å². The van der Waals surface area contributed by atoms with Crippen LogP contribution in [-0.4, -0.2) is 94.9 Å². The van der Waals surface area contributed by atoms with Crippen LogP contribution >= 0.6 is 23.2 Å². The molecule has 4 aromatic rings. The van der Waals surface area contributed by atoms with Gasteiger partial charge in [0.05, 0.1) is 46.6 Å². The van der Waals surface area contributed by atoms with Gasteiger partial charge in [0.1, 0.15) is 17.3 Å². The Morgan fingerprint density at radius 3 is 2.35 bits per heavy atom. The van der Waals surface area contributed by atoms with Gasteiger partial charge in [-0.3, -0.25) is 28.6 Å². The van der Waals surface area contributed by atoms with Crippen LogP contribution in [0.25, 0.3) is 5.57 Å². The van der Waals surface area contributed by atoms with Crippen molar-refractivity contribution in [1.29, 1.82) is 0 Å². The van der Waals surface area contributed by atoms with Gasteiger partial charge in [-0.2, -0.15) is 0 Å². The molecule has 4 N–H and O–H groups in total. The number of anilines is 2. The van der Waals surface area contributed by atoms with Gasteiger partial charge in [-0.25, -0.2) is 18.1 Å². The lowest BCUT2D eigenvalue weighted by atomic mass is 9.70. The van der Waals surface area contributed by atoms with Crippen LogP contribution in [0.3, 0.4) is 0 Å². The van der Waals surface area contributed by atoms with Crippen LogP contribution in [0.5, 0.6) is 17.2 Å². The zero-order valence-electron chi connectivity index (χ0n) is 36.3. The highest BCUT2D eigenvalue weighted by Crippen LogP contribution is 2.44. The van der Waals surface area contributed by atoms with Gasteiger partial charge in [-0.15, -0.1) is 0 Å². The van der Waals surface area contributed by atoms with E-state index in [2.05, 4.69) is 46.1 Å². The largest absolute Gasteiger partial charge is 0.486 e. The molecule has 19 heteroatoms. The number of rotatable bonds is 16. The van der Waals surface area contributed by atoms with Crippen LogP contribution < -0.4 is 30.1 Å². The molecule has 0 radical (unpaired) electrons. The number of piperidine rings is 1. The molecule has 3 aromatic carbocycles. The molecule has 7 rings (SSSR count). The third-order valence-electron chi connectivity index (χ3n) is 12.8. The van der Waals surface area contributed by atoms with E-state index in [0.717, 1.165) is 62.8 Å². The monoisotopic (exact) mass is 955 g/mol. The standard InChI is InChI=1S/C46H53Cl2F2N7O7S/c1-45(2)12-11-31(38(24-45)30-3-5-33(47)6-4-30)28-55-17-19-56(20-18-55)34-7-9-37(42(21-34)64-35-22-39(48)43(51)53-27-35)44(58)54-65(61,62)36-8-10-41(40(23-36)57(59)60)63-29-46(32(25-49)26-50)13-15-52-16-14-46/h3-10,21-23,27,32,52H,11-20,24-26,28-29H2,1-2H3,(H2,51,53)(H,54,58). The maximum Gasteiger partial charge on any atom is 0.312 e. The summed E-state index contributed by atoms with van der Waals surface area (Å²) in [5, 5.41) is 16.2. The highest BCUT2D eigenvalue weighted by atomic mass is 35.5. The number of nitro groups is 1. The van der Waals surface area contributed by atoms with Gasteiger partial charge in [0, 0.05) is 73.0 Å². The van der Waals surface area contributed by atoms with Gasteiger partial charge in [0.25, 0.3) is 15.9 Å². The normalized spacial score (nSPS) is 17.8. The highest BCUT2D eigenvalue weighted by molar-refractivity contribution is 7.90. The number of halogens is 4. The molecule has 3 aliphatic rings. The van der Waals surface area contributed by atoms with Gasteiger partial charge in [-0.05, 0) is 98.1 Å². The number of allylic oxidation sites excluding steroid dienone is 1. The molecule has 1 aliphatic carbocycles. The molecule has 3 heterocycles. The Balaban J connectivity index is 1.09. The second-order valence-electron chi connectivity index (χ2n) is 17.7. The number of nitrogens with zero attached hydrogens (tertiary/aromatic N) is 4. The average molecular weight is 957 g/mol. The van der Waals surface area contributed by atoms with Crippen molar-refractivity contribution in [2.24, 2.45) is 16.7 Å². The van der Waals surface area contributed by atoms with Crippen molar-refractivity contribution in [3.8, 4) is 17.2 Å². The number of pyridine rings is 1. The predicted molar refractivity (Wildman–Crippen MR) is 248 cm³/mol. The minimum absolute atomic E-state index is 0.00992. The number of alkyl halides is 2. The summed E-state index contributed by atoms with van der Waals surface area (Å²) in [6, 6.07) is 17.2. The second-order valence-corrected chi connectivity index (χ2v) is 20.3. The lowest BCUT2D eigenvalue weighted by Gasteiger charge is -2.41. The zero-order chi connectivity index (χ0) is 46.5. The van der Waals surface area contributed by atoms with E-state index in [-0.39, 0.29) is 45.7 Å². The summed E-state index contributed by atoms with van der Waals surface area (Å²) in [5.74, 6) is -2.16. The number of sulfonamides is 1. The molecular formula is C46H53Cl2F2N7O7S. The zero-order valence-corrected chi connectivity index (χ0v) is 38.6. The molecule has 0 unspecified atom stereocenters. The number of nitrogens with two attached hydrogens (primary N) is 1. The molecule has 2 aliphatic heterocycles. The fourth-order valence-corrected chi connectivity index (χ4v) is 10.1. The van der Waals surface area contributed by atoms with Crippen LogP contribution in [0.4, 0.5) is 26.0 Å². The Kier molecular flexibility index (Phi) is 14.9. The van der Waals surface area contributed by atoms with E-state index in [1.165, 1.54) is 35.0 Å². The number of nitro benzene ring substituents is 1. The number of amides is 1. The molecule has 14 nitrogen and oxygen atoms in total. The molecule has 0 spiro atoms. The van der Waals surface area contributed by atoms with Gasteiger partial charge in [0.2, 0.25) is 0 Å². The number of hydrogen-bond donors (Lipinski definition) is 3. The number of nitrogen functional groups attached to an aromatic ring is 1. The van der Waals surface area contributed by atoms with Gasteiger partial charge in [-0.1, -0.05) is 54.8 Å². The first-order valence-electron chi connectivity index (χ1n) is 21.5. The van der Waals surface area contributed by atoms with Crippen LogP contribution in [0.1, 0.15) is 61.9 Å². The van der Waals surface area contributed by atoms with Crippen molar-refractivity contribution in [1.82, 2.24) is 19.9 Å². The summed E-state index contributed by atoms with van der Waals surface area (Å²) in [4.78, 5) is 33.3. The third-order valence-corrected chi connectivity index (χ3v) is 14.7. The number of carbonyl (C=O) groups is 1. The molecule has 2 saturated heterocycles. The Morgan fingerprint density at radius 1 is 0.985 bits per heavy atom. The maximum absolute atomic E-state index is 13.9. The van der Waals surface area contributed by atoms with Crippen LogP contribution in [0.2, 0.25) is 10.0 Å². The summed E-state index contributed by atoms with van der Waals surface area (Å²) < 4.78 is 69.2. The average Bonchev–Trinajstić information content (AvgIpc) is 3.28. The first-order chi connectivity index (χ1) is 31.0. The van der Waals surface area contributed by atoms with Crippen molar-refractivity contribution >= 4 is 61.9 Å². The molecule has 0 bridgehead atoms. The highest BCUT2D eigenvalue weighted by Gasteiger charge is 2.42. The number of ether oxygens (including phenoxy) is 2. The van der Waals surface area contributed by atoms with Crippen LogP contribution in [-0.2, 0) is 10.0 Å². The molecule has 1 aromatic heterocycles. The topological polar surface area (TPSA) is 182 Å². The van der Waals surface area contributed by atoms with Gasteiger partial charge < -0.3 is 25.4 Å². The first kappa shape index (κ1) is 47.9. The Bertz CT molecular complexity index is 2530. The van der Waals surface area contributed by atoms with Crippen molar-refractivity contribution in [2.45, 2.75) is 50.8 Å². The van der Waals surface area contributed by atoms with Gasteiger partial charge in [0.15, 0.2) is 5.75 Å². The summed E-state index contributed by atoms with van der Waals surface area (Å²) in [6.45, 7) is 7.20. The Morgan fingerprint density at radius 2 is 1.69 bits per heavy atom. The quantitative estimate of drug-likeness (QED) is 0.0718. The Labute approximate surface area is 387 Å². The number of nitrogens with one attached hydrogen (secondary N) is 2. The molecule has 0 saturated carbocycles. The van der Waals surface area contributed by atoms with Crippen LogP contribution in [0, 0.1) is 26.9 Å². The van der Waals surface area contributed by atoms with E-state index in [9.17, 15) is 32.1 Å². The maximum atomic E-state index is 13.9. The van der Waals surface area contributed by atoms with Gasteiger partial charge >= 0.3 is 5.69 Å². The third kappa shape index (κ3) is 11.3. The van der Waals surface area contributed by atoms with Crippen molar-refractivity contribution in [3.63, 3.8) is 0 Å². The number of carbonyl (C=O) groups excluding carboxylic acids is 1. The molecule has 0 atom stereocenters. The summed E-state index contributed by atoms with van der Waals surface area (Å²) in [7, 11) is -4.73. The molecule has 2 fully saturated rings. The van der Waals surface area contributed by atoms with Crippen molar-refractivity contribution in [3.05, 3.63) is 110 Å². The molecule has 1 amide bonds. The summed E-state index contributed by atoms with van der Waals surface area (Å²) in [5.41, 5.74) is 8.95. The fourth-order valence-electron chi connectivity index (χ4n) is 8.84. The number of piperazine rings is 1. The van der Waals surface area contributed by atoms with E-state index >= 15 is 0 Å². The predicted octanol–water partition coefficient (Wildman–Crippen LogP) is 8.88. The summed E-state index contributed by atoms with van der Waals surface area (Å²) >= 11 is 12.5. The van der Waals surface area contributed by atoms with E-state index in [0.29, 0.717) is 44.0 Å². The van der Waals surface area contributed by atoms with Crippen molar-refractivity contribution in [2.75, 3.05) is 76.4 Å². The Hall–Kier alpha value is -5.07. The number of benzene rings is 3. The fraction of sp³-hybridized carbons (Fsp3) is 0.435. The molecule has 65 heavy (non-hydrogen) atoms. The second kappa shape index (κ2) is 20.2. The molecule has 348 valence electrons. The van der Waals surface area contributed by atoms with Crippen molar-refractivity contribution < 1.29 is 36.4 Å². The lowest BCUT2D eigenvalue weighted by molar-refractivity contribution is -0.386. The van der Waals surface area contributed by atoms with E-state index < -0.39 is 56.1 Å². The minimum atomic E-state index is -4.73. The molecular weight excluding hydrogens is 904 g/mol. The lowest BCUT2D eigenvalue weighted by Crippen LogP contribution is -2.47. The number of aromatic nitrogens is 1. The number of hydrogen-bond acceptors (Lipinski definition) is 12. The SMILES string of the molecule is CC1(C)CCC(CN2CCN(c3ccc(C(=O)NS(=O)(=O)c4ccc(OCC5(C(CF)CF)CCNCC5)c([N+](=O)[O-])c4)c(Oc4cnc(N)c(Cl)c4)c3)CC2)=C(c2ccc(Cl)cc2)C1. The van der Waals surface area contributed by atoms with E-state index in [4.69, 9.17) is 38.4 Å². The smallest absolute Gasteiger partial charge is 0.312 e.